The van der Waals surface area contributed by atoms with Crippen molar-refractivity contribution in [1.82, 2.24) is 24.8 Å². The Morgan fingerprint density at radius 3 is 2.82 bits per heavy atom. The Morgan fingerprint density at radius 1 is 1.38 bits per heavy atom. The zero-order valence-corrected chi connectivity index (χ0v) is 19.8. The quantitative estimate of drug-likeness (QED) is 0.182. The molecule has 4 rings (SSSR count). The number of aliphatic hydroxyl groups excluding tert-OH is 2. The number of fused-ring (bicyclic) bond motifs is 1. The van der Waals surface area contributed by atoms with Crippen molar-refractivity contribution in [3.63, 3.8) is 0 Å². The molecule has 1 saturated heterocycles. The summed E-state index contributed by atoms with van der Waals surface area (Å²) in [4.78, 5) is 34.1. The molecule has 0 aliphatic carbocycles. The molecule has 1 amide bonds. The Labute approximate surface area is 216 Å². The summed E-state index contributed by atoms with van der Waals surface area (Å²) < 4.78 is 49.4. The summed E-state index contributed by atoms with van der Waals surface area (Å²) in [6.45, 7) is -1.33. The Bertz CT molecular complexity index is 1470. The lowest BCUT2D eigenvalue weighted by Gasteiger charge is -2.14. The van der Waals surface area contributed by atoms with E-state index in [9.17, 15) is 38.3 Å². The lowest BCUT2D eigenvalue weighted by atomic mass is 10.1. The van der Waals surface area contributed by atoms with Gasteiger partial charge in [-0.25, -0.2) is 4.98 Å². The number of carbonyl (C=O) groups is 1. The van der Waals surface area contributed by atoms with Crippen LogP contribution in [-0.2, 0) is 16.1 Å². The third-order valence-electron chi connectivity index (χ3n) is 5.58. The maximum Gasteiger partial charge on any atom is 0.471 e. The van der Waals surface area contributed by atoms with Gasteiger partial charge in [0.15, 0.2) is 11.2 Å². The van der Waals surface area contributed by atoms with Crippen molar-refractivity contribution in [3.05, 3.63) is 45.8 Å². The van der Waals surface area contributed by atoms with Crippen LogP contribution >= 0.6 is 0 Å². The Hall–Kier alpha value is -4.53. The average molecular weight is 551 g/mol. The van der Waals surface area contributed by atoms with Crippen LogP contribution in [0.1, 0.15) is 23.8 Å². The van der Waals surface area contributed by atoms with Crippen LogP contribution in [0.4, 0.5) is 24.8 Å². The minimum atomic E-state index is -5.05. The molecule has 1 fully saturated rings. The van der Waals surface area contributed by atoms with Gasteiger partial charge in [-0.3, -0.25) is 19.5 Å². The molecular formula is C22H20F3N7O7. The van der Waals surface area contributed by atoms with Crippen LogP contribution in [0.2, 0.25) is 0 Å². The van der Waals surface area contributed by atoms with E-state index in [1.165, 1.54) is 23.0 Å². The van der Waals surface area contributed by atoms with Gasteiger partial charge < -0.3 is 30.7 Å². The Kier molecular flexibility index (Phi) is 7.80. The van der Waals surface area contributed by atoms with E-state index in [4.69, 9.17) is 15.2 Å². The van der Waals surface area contributed by atoms with E-state index in [-0.39, 0.29) is 59.4 Å². The summed E-state index contributed by atoms with van der Waals surface area (Å²) >= 11 is 0. The molecule has 0 bridgehead atoms. The molecule has 0 spiro atoms. The number of nitrogens with zero attached hydrogens (tertiary/aromatic N) is 5. The molecule has 206 valence electrons. The standard InChI is InChI=1S/C22H20F3N7O7/c23-22(24,25)20(35)27-5-1-2-11-3-4-12(13(6-11)32(36)37)9-38-19-17-18(29-21(26)30-19)31(10-28-17)16-7-14(34)15(8-33)39-16/h3-4,6,10,14-16,33-34H,5,7-9H2,(H,27,35)(H2,26,29,30)/t14-,15+,16+/m0/s1. The highest BCUT2D eigenvalue weighted by Crippen LogP contribution is 2.33. The predicted molar refractivity (Wildman–Crippen MR) is 125 cm³/mol. The number of nitrogen functional groups attached to an aromatic ring is 1. The van der Waals surface area contributed by atoms with E-state index in [1.807, 2.05) is 0 Å². The molecule has 39 heavy (non-hydrogen) atoms. The smallest absolute Gasteiger partial charge is 0.471 e. The van der Waals surface area contributed by atoms with Crippen LogP contribution in [-0.4, -0.2) is 72.1 Å². The lowest BCUT2D eigenvalue weighted by Crippen LogP contribution is -2.36. The highest BCUT2D eigenvalue weighted by Gasteiger charge is 2.38. The van der Waals surface area contributed by atoms with Crippen LogP contribution in [0.25, 0.3) is 11.2 Å². The number of halogens is 3. The third-order valence-corrected chi connectivity index (χ3v) is 5.58. The molecule has 0 unspecified atom stereocenters. The molecule has 1 aromatic carbocycles. The number of aliphatic hydroxyl groups is 2. The van der Waals surface area contributed by atoms with Crippen LogP contribution in [0.15, 0.2) is 24.5 Å². The van der Waals surface area contributed by atoms with Crippen molar-refractivity contribution >= 4 is 28.7 Å². The first-order chi connectivity index (χ1) is 18.5. The molecule has 0 saturated carbocycles. The number of ether oxygens (including phenoxy) is 2. The number of nitrogens with two attached hydrogens (primary N) is 1. The van der Waals surface area contributed by atoms with Gasteiger partial charge in [-0.05, 0) is 12.1 Å². The van der Waals surface area contributed by atoms with Gasteiger partial charge in [0.1, 0.15) is 18.9 Å². The van der Waals surface area contributed by atoms with Crippen molar-refractivity contribution in [2.75, 3.05) is 18.9 Å². The van der Waals surface area contributed by atoms with Gasteiger partial charge in [-0.2, -0.15) is 23.1 Å². The molecule has 3 aromatic rings. The molecule has 1 aliphatic heterocycles. The fourth-order valence-electron chi connectivity index (χ4n) is 3.72. The van der Waals surface area contributed by atoms with Gasteiger partial charge in [0.05, 0.1) is 36.1 Å². The number of alkyl halides is 3. The maximum atomic E-state index is 12.2. The number of anilines is 1. The number of nitrogens with one attached hydrogen (secondary N) is 1. The van der Waals surface area contributed by atoms with Crippen LogP contribution in [0, 0.1) is 22.0 Å². The third kappa shape index (κ3) is 6.14. The number of imidazole rings is 1. The summed E-state index contributed by atoms with van der Waals surface area (Å²) in [7, 11) is 0. The normalized spacial score (nSPS) is 18.9. The van der Waals surface area contributed by atoms with Gasteiger partial charge in [0.25, 0.3) is 5.69 Å². The first-order valence-corrected chi connectivity index (χ1v) is 11.2. The molecule has 17 heteroatoms. The zero-order valence-electron chi connectivity index (χ0n) is 19.8. The number of hydrogen-bond donors (Lipinski definition) is 4. The van der Waals surface area contributed by atoms with Gasteiger partial charge in [0, 0.05) is 18.1 Å². The van der Waals surface area contributed by atoms with E-state index in [2.05, 4.69) is 26.8 Å². The lowest BCUT2D eigenvalue weighted by molar-refractivity contribution is -0.385. The zero-order chi connectivity index (χ0) is 28.3. The van der Waals surface area contributed by atoms with Gasteiger partial charge in [-0.15, -0.1) is 0 Å². The summed E-state index contributed by atoms with van der Waals surface area (Å²) in [6, 6.07) is 3.85. The first-order valence-electron chi connectivity index (χ1n) is 11.2. The maximum absolute atomic E-state index is 12.2. The highest BCUT2D eigenvalue weighted by molar-refractivity contribution is 5.81. The second kappa shape index (κ2) is 11.1. The number of nitro benzene ring substituents is 1. The monoisotopic (exact) mass is 551 g/mol. The molecule has 0 radical (unpaired) electrons. The van der Waals surface area contributed by atoms with Crippen molar-refractivity contribution in [1.29, 1.82) is 0 Å². The van der Waals surface area contributed by atoms with Gasteiger partial charge in [0.2, 0.25) is 11.8 Å². The second-order valence-corrected chi connectivity index (χ2v) is 8.20. The number of rotatable bonds is 7. The molecule has 5 N–H and O–H groups in total. The minimum Gasteiger partial charge on any atom is -0.471 e. The number of amides is 1. The highest BCUT2D eigenvalue weighted by atomic mass is 19.4. The molecule has 14 nitrogen and oxygen atoms in total. The number of nitro groups is 1. The molecular weight excluding hydrogens is 531 g/mol. The number of benzene rings is 1. The largest absolute Gasteiger partial charge is 0.471 e. The van der Waals surface area contributed by atoms with Gasteiger partial charge >= 0.3 is 12.1 Å². The summed E-state index contributed by atoms with van der Waals surface area (Å²) in [5.74, 6) is 2.33. The van der Waals surface area contributed by atoms with E-state index >= 15 is 0 Å². The Morgan fingerprint density at radius 2 is 2.15 bits per heavy atom. The minimum absolute atomic E-state index is 0.0768. The number of hydrogen-bond acceptors (Lipinski definition) is 11. The van der Waals surface area contributed by atoms with Crippen LogP contribution in [0.3, 0.4) is 0 Å². The molecule has 3 heterocycles. The van der Waals surface area contributed by atoms with Crippen LogP contribution < -0.4 is 15.8 Å². The van der Waals surface area contributed by atoms with Gasteiger partial charge in [-0.1, -0.05) is 11.8 Å². The van der Waals surface area contributed by atoms with E-state index in [0.29, 0.717) is 0 Å². The summed E-state index contributed by atoms with van der Waals surface area (Å²) in [6.07, 6.45) is -5.90. The van der Waals surface area contributed by atoms with Crippen molar-refractivity contribution < 1.29 is 42.6 Å². The van der Waals surface area contributed by atoms with E-state index in [1.54, 1.807) is 5.32 Å². The molecule has 2 aromatic heterocycles. The van der Waals surface area contributed by atoms with Crippen molar-refractivity contribution in [2.24, 2.45) is 0 Å². The molecule has 1 aliphatic rings. The van der Waals surface area contributed by atoms with Crippen molar-refractivity contribution in [2.45, 2.75) is 37.6 Å². The van der Waals surface area contributed by atoms with Crippen LogP contribution in [0.5, 0.6) is 5.88 Å². The SMILES string of the molecule is Nc1nc(OCc2ccc(C#CCNC(=O)C(F)(F)F)cc2[N+](=O)[O-])c2ncn([C@H]3C[C@H](O)[C@@H](CO)O3)c2n1. The number of carbonyl (C=O) groups excluding carboxylic acids is 1. The topological polar surface area (TPSA) is 201 Å². The summed E-state index contributed by atoms with van der Waals surface area (Å²) in [5, 5.41) is 32.5. The average Bonchev–Trinajstić information content (AvgIpc) is 3.47. The predicted octanol–water partition coefficient (Wildman–Crippen LogP) is 0.566. The fourth-order valence-corrected chi connectivity index (χ4v) is 3.72. The first kappa shape index (κ1) is 27.5. The summed E-state index contributed by atoms with van der Waals surface area (Å²) in [5.41, 5.74) is 6.06. The molecule has 3 atom stereocenters. The second-order valence-electron chi connectivity index (χ2n) is 8.20. The number of aromatic nitrogens is 4. The van der Waals surface area contributed by atoms with E-state index in [0.717, 1.165) is 6.07 Å². The fraction of sp³-hybridized carbons (Fsp3) is 0.364. The Balaban J connectivity index is 1.51. The van der Waals surface area contributed by atoms with E-state index < -0.39 is 42.0 Å². The van der Waals surface area contributed by atoms with Crippen molar-refractivity contribution in [3.8, 4) is 17.7 Å².